The molecule has 0 spiro atoms. The molecule has 0 radical (unpaired) electrons. The largest absolute Gasteiger partial charge is 0.507 e. The first-order chi connectivity index (χ1) is 19.0. The van der Waals surface area contributed by atoms with Crippen LogP contribution in [0.2, 0.25) is 0 Å². The molecule has 1 aromatic carbocycles. The molecule has 3 aromatic rings. The summed E-state index contributed by atoms with van der Waals surface area (Å²) >= 11 is 0. The third kappa shape index (κ3) is 4.44. The summed E-state index contributed by atoms with van der Waals surface area (Å²) in [5.41, 5.74) is 10.5. The van der Waals surface area contributed by atoms with Crippen molar-refractivity contribution in [3.8, 4) is 28.8 Å². The molecule has 9 heteroatoms. The molecule has 2 unspecified atom stereocenters. The number of rotatable bonds is 4. The second-order valence-electron chi connectivity index (χ2n) is 11.3. The van der Waals surface area contributed by atoms with Crippen LogP contribution in [0, 0.1) is 11.8 Å². The van der Waals surface area contributed by atoms with Gasteiger partial charge in [0.1, 0.15) is 11.4 Å². The summed E-state index contributed by atoms with van der Waals surface area (Å²) in [5, 5.41) is 18.8. The van der Waals surface area contributed by atoms with Gasteiger partial charge in [-0.2, -0.15) is 0 Å². The van der Waals surface area contributed by atoms with E-state index in [9.17, 15) is 5.11 Å². The van der Waals surface area contributed by atoms with Crippen molar-refractivity contribution in [2.45, 2.75) is 43.4 Å². The highest BCUT2D eigenvalue weighted by atomic mass is 16.3. The Morgan fingerprint density at radius 1 is 0.974 bits per heavy atom. The number of nitrogens with zero attached hydrogens (tertiary/aromatic N) is 7. The molecule has 6 heterocycles. The number of anilines is 3. The lowest BCUT2D eigenvalue weighted by Crippen LogP contribution is -2.54. The number of nitrogens with two attached hydrogens (primary N) is 1. The van der Waals surface area contributed by atoms with Crippen molar-refractivity contribution in [1.82, 2.24) is 25.0 Å². The fourth-order valence-corrected chi connectivity index (χ4v) is 7.01. The summed E-state index contributed by atoms with van der Waals surface area (Å²) in [5.74, 6) is 7.33. The number of nitrogen functional groups attached to an aromatic ring is 1. The fourth-order valence-electron chi connectivity index (χ4n) is 7.01. The number of piperazine rings is 2. The van der Waals surface area contributed by atoms with Crippen LogP contribution in [-0.4, -0.2) is 94.0 Å². The maximum absolute atomic E-state index is 10.3. The number of aromatic nitrogens is 3. The number of hydrogen-bond acceptors (Lipinski definition) is 9. The average molecular weight is 523 g/mol. The smallest absolute Gasteiger partial charge is 0.169 e. The van der Waals surface area contributed by atoms with Crippen LogP contribution in [0.3, 0.4) is 0 Å². The lowest BCUT2D eigenvalue weighted by molar-refractivity contribution is 0.164. The maximum Gasteiger partial charge on any atom is 0.169 e. The standard InChI is InChI=1S/C30H34N8O/c1-35-16-25-14-24(35)19-36(25)12-4-5-20-13-21(10-11-32-20)38-22-8-9-23(38)18-37(17-22)28-15-27(33-34-30(28)31)26-6-2-3-7-29(26)39/h2-3,6-7,10-11,13,15,22-25,39H,8-9,12,14,16-19H2,1H3,(H2,31,34)/t22?,23?,24-,25-/m0/s1. The van der Waals surface area contributed by atoms with Gasteiger partial charge in [-0.15, -0.1) is 10.2 Å². The van der Waals surface area contributed by atoms with E-state index in [1.807, 2.05) is 24.4 Å². The van der Waals surface area contributed by atoms with E-state index < -0.39 is 0 Å². The summed E-state index contributed by atoms with van der Waals surface area (Å²) in [4.78, 5) is 14.4. The minimum atomic E-state index is 0.185. The second kappa shape index (κ2) is 9.70. The van der Waals surface area contributed by atoms with Gasteiger partial charge in [0, 0.05) is 67.8 Å². The van der Waals surface area contributed by atoms with E-state index >= 15 is 0 Å². The molecule has 0 saturated carbocycles. The molecule has 0 aliphatic carbocycles. The predicted molar refractivity (Wildman–Crippen MR) is 153 cm³/mol. The SMILES string of the molecule is CN1C[C@@H]2C[C@H]1CN2CC#Cc1cc(N2C3CCC2CN(c2cc(-c4ccccc4O)nnc2N)C3)ccn1. The molecule has 4 aliphatic heterocycles. The van der Waals surface area contributed by atoms with Crippen molar-refractivity contribution in [2.75, 3.05) is 55.3 Å². The molecule has 0 amide bonds. The van der Waals surface area contributed by atoms with Crippen LogP contribution in [0.1, 0.15) is 25.0 Å². The lowest BCUT2D eigenvalue weighted by Gasteiger charge is -2.43. The zero-order valence-corrected chi connectivity index (χ0v) is 22.2. The van der Waals surface area contributed by atoms with Crippen LogP contribution < -0.4 is 15.5 Å². The first-order valence-corrected chi connectivity index (χ1v) is 13.9. The number of phenolic OH excluding ortho intramolecular Hbond substituents is 1. The van der Waals surface area contributed by atoms with Gasteiger partial charge in [-0.3, -0.25) is 4.90 Å². The number of hydrogen-bond donors (Lipinski definition) is 2. The van der Waals surface area contributed by atoms with Gasteiger partial charge in [0.2, 0.25) is 0 Å². The van der Waals surface area contributed by atoms with E-state index in [-0.39, 0.29) is 5.75 Å². The first-order valence-electron chi connectivity index (χ1n) is 13.9. The van der Waals surface area contributed by atoms with Crippen molar-refractivity contribution >= 4 is 17.2 Å². The molecule has 200 valence electrons. The molecule has 4 fully saturated rings. The van der Waals surface area contributed by atoms with Gasteiger partial charge in [-0.1, -0.05) is 18.1 Å². The quantitative estimate of drug-likeness (QED) is 0.501. The van der Waals surface area contributed by atoms with Crippen LogP contribution in [0.25, 0.3) is 11.3 Å². The highest BCUT2D eigenvalue weighted by molar-refractivity contribution is 5.74. The summed E-state index contributed by atoms with van der Waals surface area (Å²) in [6.45, 7) is 4.80. The Morgan fingerprint density at radius 2 is 1.79 bits per heavy atom. The Bertz CT molecular complexity index is 1430. The van der Waals surface area contributed by atoms with Crippen LogP contribution in [0.4, 0.5) is 17.2 Å². The van der Waals surface area contributed by atoms with E-state index in [1.165, 1.54) is 12.1 Å². The van der Waals surface area contributed by atoms with Gasteiger partial charge in [0.25, 0.3) is 0 Å². The Balaban J connectivity index is 1.06. The average Bonchev–Trinajstić information content (AvgIpc) is 3.59. The van der Waals surface area contributed by atoms with Crippen molar-refractivity contribution in [1.29, 1.82) is 0 Å². The summed E-state index contributed by atoms with van der Waals surface area (Å²) in [6, 6.07) is 15.5. The highest BCUT2D eigenvalue weighted by Crippen LogP contribution is 2.39. The second-order valence-corrected chi connectivity index (χ2v) is 11.3. The number of likely N-dealkylation sites (tertiary alicyclic amines) is 2. The summed E-state index contributed by atoms with van der Waals surface area (Å²) in [7, 11) is 2.23. The molecule has 4 bridgehead atoms. The van der Waals surface area contributed by atoms with Gasteiger partial charge < -0.3 is 25.5 Å². The monoisotopic (exact) mass is 522 g/mol. The molecule has 39 heavy (non-hydrogen) atoms. The Labute approximate surface area is 229 Å². The third-order valence-corrected chi connectivity index (χ3v) is 8.97. The highest BCUT2D eigenvalue weighted by Gasteiger charge is 2.42. The van der Waals surface area contributed by atoms with Crippen LogP contribution in [0.5, 0.6) is 5.75 Å². The number of pyridine rings is 1. The predicted octanol–water partition coefficient (Wildman–Crippen LogP) is 2.42. The number of para-hydroxylation sites is 1. The maximum atomic E-state index is 10.3. The van der Waals surface area contributed by atoms with Crippen LogP contribution >= 0.6 is 0 Å². The van der Waals surface area contributed by atoms with Gasteiger partial charge in [-0.25, -0.2) is 4.98 Å². The molecule has 4 saturated heterocycles. The van der Waals surface area contributed by atoms with Gasteiger partial charge in [0.05, 0.1) is 17.9 Å². The lowest BCUT2D eigenvalue weighted by atomic mass is 10.1. The molecular formula is C30H34N8O. The van der Waals surface area contributed by atoms with Crippen LogP contribution in [0.15, 0.2) is 48.7 Å². The normalized spacial score (nSPS) is 26.2. The molecule has 9 nitrogen and oxygen atoms in total. The van der Waals surface area contributed by atoms with Crippen molar-refractivity contribution in [3.05, 3.63) is 54.4 Å². The van der Waals surface area contributed by atoms with Gasteiger partial charge in [0.15, 0.2) is 5.82 Å². The van der Waals surface area contributed by atoms with Crippen molar-refractivity contribution < 1.29 is 5.11 Å². The summed E-state index contributed by atoms with van der Waals surface area (Å²) < 4.78 is 0. The Kier molecular flexibility index (Phi) is 6.02. The first kappa shape index (κ1) is 24.2. The molecule has 7 rings (SSSR count). The molecular weight excluding hydrogens is 488 g/mol. The number of likely N-dealkylation sites (N-methyl/N-ethyl adjacent to an activating group) is 1. The minimum Gasteiger partial charge on any atom is -0.507 e. The van der Waals surface area contributed by atoms with E-state index in [1.54, 1.807) is 12.1 Å². The number of aromatic hydroxyl groups is 1. The van der Waals surface area contributed by atoms with Crippen molar-refractivity contribution in [2.24, 2.45) is 0 Å². The van der Waals surface area contributed by atoms with Crippen LogP contribution in [-0.2, 0) is 0 Å². The van der Waals surface area contributed by atoms with Gasteiger partial charge >= 0.3 is 0 Å². The molecule has 4 aliphatic rings. The van der Waals surface area contributed by atoms with E-state index in [4.69, 9.17) is 5.73 Å². The van der Waals surface area contributed by atoms with E-state index in [0.29, 0.717) is 41.2 Å². The minimum absolute atomic E-state index is 0.185. The van der Waals surface area contributed by atoms with Gasteiger partial charge in [-0.05, 0) is 62.6 Å². The zero-order valence-electron chi connectivity index (χ0n) is 22.2. The zero-order chi connectivity index (χ0) is 26.5. The van der Waals surface area contributed by atoms with E-state index in [2.05, 4.69) is 65.8 Å². The topological polar surface area (TPSA) is 97.9 Å². The Hall–Kier alpha value is -3.87. The Morgan fingerprint density at radius 3 is 2.54 bits per heavy atom. The number of phenols is 1. The van der Waals surface area contributed by atoms with E-state index in [0.717, 1.165) is 56.9 Å². The van der Waals surface area contributed by atoms with Crippen molar-refractivity contribution in [3.63, 3.8) is 0 Å². The fraction of sp³-hybridized carbons (Fsp3) is 0.433. The third-order valence-electron chi connectivity index (χ3n) is 8.97. The molecule has 2 aromatic heterocycles. The molecule has 4 atom stereocenters. The molecule has 3 N–H and O–H groups in total. The number of fused-ring (bicyclic) bond motifs is 4. The number of benzene rings is 1. The summed E-state index contributed by atoms with van der Waals surface area (Å²) in [6.07, 6.45) is 5.42.